The first-order chi connectivity index (χ1) is 19.7. The Hall–Kier alpha value is -3.82. The molecular formula is C32H47N5O5. The fourth-order valence-electron chi connectivity index (χ4n) is 4.57. The van der Waals surface area contributed by atoms with E-state index in [4.69, 9.17) is 0 Å². The zero-order valence-electron chi connectivity index (χ0n) is 26.2. The van der Waals surface area contributed by atoms with Crippen LogP contribution in [0, 0.1) is 11.3 Å². The van der Waals surface area contributed by atoms with E-state index in [2.05, 4.69) is 33.2 Å². The molecule has 0 saturated carbocycles. The molecule has 2 rings (SSSR count). The van der Waals surface area contributed by atoms with Crippen LogP contribution in [0.3, 0.4) is 0 Å². The van der Waals surface area contributed by atoms with Gasteiger partial charge in [-0.15, -0.1) is 0 Å². The Morgan fingerprint density at radius 1 is 0.833 bits per heavy atom. The largest absolute Gasteiger partial charge is 0.347 e. The number of carbonyl (C=O) groups is 5. The molecule has 230 valence electrons. The van der Waals surface area contributed by atoms with E-state index < -0.39 is 53.0 Å². The van der Waals surface area contributed by atoms with Crippen molar-refractivity contribution in [2.24, 2.45) is 11.3 Å². The number of Topliss-reactive ketones (excluding diaryl/α,β-unsaturated/α-hetero) is 1. The predicted octanol–water partition coefficient (Wildman–Crippen LogP) is 3.68. The molecule has 0 aliphatic carbocycles. The summed E-state index contributed by atoms with van der Waals surface area (Å²) >= 11 is 0. The molecule has 0 fully saturated rings. The van der Waals surface area contributed by atoms with Crippen molar-refractivity contribution in [2.75, 3.05) is 0 Å². The van der Waals surface area contributed by atoms with Gasteiger partial charge in [0.05, 0.1) is 11.6 Å². The minimum absolute atomic E-state index is 0.163. The lowest BCUT2D eigenvalue weighted by atomic mass is 9.85. The van der Waals surface area contributed by atoms with Crippen LogP contribution >= 0.6 is 0 Å². The van der Waals surface area contributed by atoms with Gasteiger partial charge in [0.25, 0.3) is 11.8 Å². The van der Waals surface area contributed by atoms with Gasteiger partial charge in [0.1, 0.15) is 12.1 Å². The number of fused-ring (bicyclic) bond motifs is 1. The van der Waals surface area contributed by atoms with Crippen molar-refractivity contribution < 1.29 is 24.0 Å². The zero-order valence-corrected chi connectivity index (χ0v) is 26.2. The maximum atomic E-state index is 13.4. The monoisotopic (exact) mass is 581 g/mol. The molecule has 2 aromatic rings. The number of unbranched alkanes of at least 4 members (excludes halogenated alkanes) is 2. The predicted molar refractivity (Wildman–Crippen MR) is 164 cm³/mol. The van der Waals surface area contributed by atoms with Gasteiger partial charge >= 0.3 is 0 Å². The van der Waals surface area contributed by atoms with Gasteiger partial charge in [-0.2, -0.15) is 0 Å². The molecule has 42 heavy (non-hydrogen) atoms. The number of aromatic nitrogens is 1. The summed E-state index contributed by atoms with van der Waals surface area (Å²) in [6.45, 7) is 14.3. The van der Waals surface area contributed by atoms with E-state index in [9.17, 15) is 24.0 Å². The van der Waals surface area contributed by atoms with Gasteiger partial charge in [0.15, 0.2) is 0 Å². The number of nitrogens with zero attached hydrogens (tertiary/aromatic N) is 1. The SMILES string of the molecule is CCCCCC(C)NC(=O)C(=O)C(NC(=O)C(C)NC(=O)C(NC(=O)c1cncc2ccccc12)C(C)(C)C)C(C)C. The molecule has 0 aliphatic heterocycles. The van der Waals surface area contributed by atoms with Crippen molar-refractivity contribution in [3.63, 3.8) is 0 Å². The number of carbonyl (C=O) groups excluding carboxylic acids is 5. The molecule has 0 saturated heterocycles. The van der Waals surface area contributed by atoms with Crippen LogP contribution in [0.2, 0.25) is 0 Å². The van der Waals surface area contributed by atoms with E-state index >= 15 is 0 Å². The van der Waals surface area contributed by atoms with Crippen LogP contribution in [0.1, 0.15) is 91.4 Å². The summed E-state index contributed by atoms with van der Waals surface area (Å²) in [6.07, 6.45) is 6.92. The van der Waals surface area contributed by atoms with Crippen molar-refractivity contribution >= 4 is 40.2 Å². The van der Waals surface area contributed by atoms with Crippen LogP contribution in [-0.2, 0) is 19.2 Å². The molecule has 1 heterocycles. The first kappa shape index (κ1) is 34.4. The summed E-state index contributed by atoms with van der Waals surface area (Å²) in [5.41, 5.74) is -0.367. The lowest BCUT2D eigenvalue weighted by Crippen LogP contribution is -2.59. The summed E-state index contributed by atoms with van der Waals surface area (Å²) in [4.78, 5) is 69.4. The van der Waals surface area contributed by atoms with Crippen molar-refractivity contribution in [2.45, 2.75) is 105 Å². The van der Waals surface area contributed by atoms with Gasteiger partial charge in [0, 0.05) is 23.8 Å². The van der Waals surface area contributed by atoms with Crippen LogP contribution in [-0.4, -0.2) is 58.6 Å². The maximum absolute atomic E-state index is 13.4. The Labute approximate surface area is 249 Å². The first-order valence-corrected chi connectivity index (χ1v) is 14.8. The van der Waals surface area contributed by atoms with Crippen LogP contribution in [0.25, 0.3) is 10.8 Å². The number of hydrogen-bond donors (Lipinski definition) is 4. The molecular weight excluding hydrogens is 534 g/mol. The average molecular weight is 582 g/mol. The van der Waals surface area contributed by atoms with Gasteiger partial charge < -0.3 is 21.3 Å². The van der Waals surface area contributed by atoms with Crippen LogP contribution in [0.4, 0.5) is 0 Å². The summed E-state index contributed by atoms with van der Waals surface area (Å²) in [5, 5.41) is 12.3. The first-order valence-electron chi connectivity index (χ1n) is 14.8. The molecule has 0 bridgehead atoms. The van der Waals surface area contributed by atoms with Crippen molar-refractivity contribution in [3.8, 4) is 0 Å². The maximum Gasteiger partial charge on any atom is 0.289 e. The van der Waals surface area contributed by atoms with E-state index in [0.29, 0.717) is 10.9 Å². The average Bonchev–Trinajstić information content (AvgIpc) is 2.92. The number of benzene rings is 1. The third-order valence-electron chi connectivity index (χ3n) is 7.16. The second-order valence-corrected chi connectivity index (χ2v) is 12.4. The minimum Gasteiger partial charge on any atom is -0.347 e. The van der Waals surface area contributed by atoms with Crippen LogP contribution in [0.5, 0.6) is 0 Å². The summed E-state index contributed by atoms with van der Waals surface area (Å²) in [5.74, 6) is -3.47. The van der Waals surface area contributed by atoms with Crippen molar-refractivity contribution in [3.05, 3.63) is 42.2 Å². The molecule has 1 aromatic carbocycles. The number of ketones is 1. The second-order valence-electron chi connectivity index (χ2n) is 12.4. The molecule has 4 unspecified atom stereocenters. The Balaban J connectivity index is 2.09. The summed E-state index contributed by atoms with van der Waals surface area (Å²) in [7, 11) is 0. The standard InChI is InChI=1S/C32H47N5O5/c1-9-10-11-14-20(4)34-30(41)26(38)25(19(2)3)36-28(39)21(5)35-31(42)27(32(6,7)8)37-29(40)24-18-33-17-22-15-12-13-16-23(22)24/h12-13,15-21,25,27H,9-11,14H2,1-8H3,(H,34,41)(H,35,42)(H,36,39)(H,37,40). The summed E-state index contributed by atoms with van der Waals surface area (Å²) in [6, 6.07) is 4.08. The lowest BCUT2D eigenvalue weighted by Gasteiger charge is -2.31. The van der Waals surface area contributed by atoms with Crippen LogP contribution < -0.4 is 21.3 Å². The molecule has 10 heteroatoms. The van der Waals surface area contributed by atoms with Gasteiger partial charge in [-0.05, 0) is 37.0 Å². The molecule has 10 nitrogen and oxygen atoms in total. The number of nitrogens with one attached hydrogen (secondary N) is 4. The third kappa shape index (κ3) is 9.63. The highest BCUT2D eigenvalue weighted by atomic mass is 16.2. The van der Waals surface area contributed by atoms with Crippen LogP contribution in [0.15, 0.2) is 36.7 Å². The third-order valence-corrected chi connectivity index (χ3v) is 7.16. The Morgan fingerprint density at radius 3 is 2.12 bits per heavy atom. The van der Waals surface area contributed by atoms with E-state index in [1.165, 1.54) is 13.1 Å². The van der Waals surface area contributed by atoms with Gasteiger partial charge in [-0.1, -0.05) is 85.1 Å². The highest BCUT2D eigenvalue weighted by molar-refractivity contribution is 6.38. The Morgan fingerprint density at radius 2 is 1.50 bits per heavy atom. The second kappa shape index (κ2) is 15.4. The number of pyridine rings is 1. The molecule has 0 radical (unpaired) electrons. The molecule has 1 aromatic heterocycles. The number of hydrogen-bond acceptors (Lipinski definition) is 6. The zero-order chi connectivity index (χ0) is 31.6. The highest BCUT2D eigenvalue weighted by Crippen LogP contribution is 2.22. The fraction of sp³-hybridized carbons (Fsp3) is 0.562. The fourth-order valence-corrected chi connectivity index (χ4v) is 4.57. The number of rotatable bonds is 14. The Kier molecular flexibility index (Phi) is 12.6. The molecule has 4 amide bonds. The quantitative estimate of drug-likeness (QED) is 0.198. The number of amides is 4. The van der Waals surface area contributed by atoms with Crippen molar-refractivity contribution in [1.29, 1.82) is 0 Å². The highest BCUT2D eigenvalue weighted by Gasteiger charge is 2.36. The minimum atomic E-state index is -1.06. The molecule has 4 atom stereocenters. The van der Waals surface area contributed by atoms with E-state index in [1.807, 2.05) is 31.2 Å². The topological polar surface area (TPSA) is 146 Å². The lowest BCUT2D eigenvalue weighted by molar-refractivity contribution is -0.141. The normalized spacial score (nSPS) is 14.4. The molecule has 4 N–H and O–H groups in total. The van der Waals surface area contributed by atoms with Gasteiger partial charge in [-0.3, -0.25) is 29.0 Å². The van der Waals surface area contributed by atoms with E-state index in [-0.39, 0.29) is 12.0 Å². The van der Waals surface area contributed by atoms with Gasteiger partial charge in [-0.25, -0.2) is 0 Å². The van der Waals surface area contributed by atoms with E-state index in [1.54, 1.807) is 40.8 Å². The molecule has 0 spiro atoms. The molecule has 0 aliphatic rings. The van der Waals surface area contributed by atoms with Crippen molar-refractivity contribution in [1.82, 2.24) is 26.3 Å². The summed E-state index contributed by atoms with van der Waals surface area (Å²) < 4.78 is 0. The van der Waals surface area contributed by atoms with Gasteiger partial charge in [0.2, 0.25) is 17.6 Å². The smallest absolute Gasteiger partial charge is 0.289 e. The Bertz CT molecular complexity index is 1260. The van der Waals surface area contributed by atoms with E-state index in [0.717, 1.165) is 31.1 Å².